The molecule has 0 saturated heterocycles. The van der Waals surface area contributed by atoms with E-state index in [2.05, 4.69) is 129 Å². The zero-order valence-corrected chi connectivity index (χ0v) is 25.1. The van der Waals surface area contributed by atoms with Crippen LogP contribution in [0.5, 0.6) is 0 Å². The van der Waals surface area contributed by atoms with Gasteiger partial charge in [0, 0.05) is 22.1 Å². The third-order valence-electron chi connectivity index (χ3n) is 9.10. The third-order valence-corrected chi connectivity index (χ3v) is 9.10. The van der Waals surface area contributed by atoms with Gasteiger partial charge in [-0.1, -0.05) is 117 Å². The van der Waals surface area contributed by atoms with Gasteiger partial charge in [-0.2, -0.15) is 5.26 Å². The maximum Gasteiger partial charge on any atom is 0.160 e. The topological polar surface area (TPSA) is 49.6 Å². The fourth-order valence-corrected chi connectivity index (χ4v) is 6.65. The quantitative estimate of drug-likeness (QED) is 0.210. The number of fused-ring (bicyclic) bond motifs is 4. The number of hydrogen-bond acceptors (Lipinski definition) is 3. The number of nitrogens with zero attached hydrogens (tertiary/aromatic N) is 3. The first-order chi connectivity index (χ1) is 22.0. The van der Waals surface area contributed by atoms with E-state index in [-0.39, 0.29) is 5.41 Å². The van der Waals surface area contributed by atoms with Crippen molar-refractivity contribution < 1.29 is 0 Å². The zero-order chi connectivity index (χ0) is 30.5. The Morgan fingerprint density at radius 2 is 1.11 bits per heavy atom. The van der Waals surface area contributed by atoms with E-state index in [1.165, 1.54) is 27.6 Å². The zero-order valence-electron chi connectivity index (χ0n) is 25.1. The molecular formula is C42H29N3. The Morgan fingerprint density at radius 1 is 0.489 bits per heavy atom. The molecule has 0 unspecified atom stereocenters. The van der Waals surface area contributed by atoms with Gasteiger partial charge >= 0.3 is 0 Å². The fraction of sp³-hybridized carbons (Fsp3) is 0.0714. The monoisotopic (exact) mass is 575 g/mol. The van der Waals surface area contributed by atoms with Gasteiger partial charge in [0.25, 0.3) is 0 Å². The Balaban J connectivity index is 1.23. The molecule has 0 fully saturated rings. The molecule has 0 aliphatic heterocycles. The summed E-state index contributed by atoms with van der Waals surface area (Å²) in [6.07, 6.45) is 0. The molecule has 0 spiro atoms. The molecule has 1 aliphatic rings. The lowest BCUT2D eigenvalue weighted by atomic mass is 9.81. The summed E-state index contributed by atoms with van der Waals surface area (Å²) in [5, 5.41) is 11.9. The molecule has 45 heavy (non-hydrogen) atoms. The van der Waals surface area contributed by atoms with Gasteiger partial charge in [0.1, 0.15) is 0 Å². The second kappa shape index (κ2) is 10.4. The second-order valence-corrected chi connectivity index (χ2v) is 12.2. The van der Waals surface area contributed by atoms with Crippen molar-refractivity contribution in [2.24, 2.45) is 0 Å². The van der Waals surface area contributed by atoms with Crippen LogP contribution in [0.1, 0.15) is 30.5 Å². The van der Waals surface area contributed by atoms with Gasteiger partial charge in [-0.25, -0.2) is 9.97 Å². The van der Waals surface area contributed by atoms with E-state index in [1.54, 1.807) is 0 Å². The van der Waals surface area contributed by atoms with Crippen LogP contribution in [0.2, 0.25) is 0 Å². The number of nitriles is 1. The third kappa shape index (κ3) is 4.60. The number of hydrogen-bond donors (Lipinski definition) is 0. The van der Waals surface area contributed by atoms with Crippen molar-refractivity contribution in [2.75, 3.05) is 0 Å². The van der Waals surface area contributed by atoms with E-state index < -0.39 is 0 Å². The summed E-state index contributed by atoms with van der Waals surface area (Å²) in [6.45, 7) is 4.50. The first-order valence-electron chi connectivity index (χ1n) is 15.2. The van der Waals surface area contributed by atoms with Crippen molar-refractivity contribution in [3.63, 3.8) is 0 Å². The highest BCUT2D eigenvalue weighted by Crippen LogP contribution is 2.50. The molecule has 0 bridgehead atoms. The van der Waals surface area contributed by atoms with E-state index in [9.17, 15) is 5.26 Å². The maximum atomic E-state index is 9.52. The predicted octanol–water partition coefficient (Wildman–Crippen LogP) is 10.5. The molecule has 0 saturated carbocycles. The Morgan fingerprint density at radius 3 is 1.91 bits per heavy atom. The van der Waals surface area contributed by atoms with Gasteiger partial charge in [-0.15, -0.1) is 0 Å². The summed E-state index contributed by atoms with van der Waals surface area (Å²) in [5.41, 5.74) is 12.6. The second-order valence-electron chi connectivity index (χ2n) is 12.2. The van der Waals surface area contributed by atoms with Crippen LogP contribution in [0.3, 0.4) is 0 Å². The minimum Gasteiger partial charge on any atom is -0.228 e. The highest BCUT2D eigenvalue weighted by atomic mass is 14.9. The summed E-state index contributed by atoms with van der Waals surface area (Å²) in [5.74, 6) is 0.705. The lowest BCUT2D eigenvalue weighted by Crippen LogP contribution is -2.15. The SMILES string of the molecule is CC1(C)c2cc(C#N)ccc2-c2ccc(-c3cccc(-c4cc(-c5ccccc5)nc(-c5ccc6ccccc6c5)n4)c3)cc21. The minimum atomic E-state index is -0.197. The van der Waals surface area contributed by atoms with Gasteiger partial charge < -0.3 is 0 Å². The van der Waals surface area contributed by atoms with Crippen molar-refractivity contribution in [2.45, 2.75) is 19.3 Å². The molecule has 8 rings (SSSR count). The van der Waals surface area contributed by atoms with Gasteiger partial charge in [0.2, 0.25) is 0 Å². The molecule has 1 aliphatic carbocycles. The summed E-state index contributed by atoms with van der Waals surface area (Å²) in [7, 11) is 0. The Bertz CT molecular complexity index is 2310. The van der Waals surface area contributed by atoms with E-state index in [0.29, 0.717) is 11.4 Å². The maximum absolute atomic E-state index is 9.52. The van der Waals surface area contributed by atoms with E-state index in [0.717, 1.165) is 44.6 Å². The number of benzene rings is 6. The van der Waals surface area contributed by atoms with E-state index in [1.807, 2.05) is 30.3 Å². The van der Waals surface area contributed by atoms with Crippen molar-refractivity contribution in [3.05, 3.63) is 156 Å². The van der Waals surface area contributed by atoms with E-state index in [4.69, 9.17) is 9.97 Å². The molecule has 6 aromatic carbocycles. The van der Waals surface area contributed by atoms with Gasteiger partial charge in [0.15, 0.2) is 5.82 Å². The summed E-state index contributed by atoms with van der Waals surface area (Å²) in [4.78, 5) is 10.2. The van der Waals surface area contributed by atoms with Crippen molar-refractivity contribution in [3.8, 4) is 62.2 Å². The summed E-state index contributed by atoms with van der Waals surface area (Å²) in [6, 6.07) is 50.9. The normalized spacial score (nSPS) is 12.8. The molecule has 3 nitrogen and oxygen atoms in total. The van der Waals surface area contributed by atoms with Crippen LogP contribution in [0.25, 0.3) is 66.9 Å². The first-order valence-corrected chi connectivity index (χ1v) is 15.2. The molecule has 0 amide bonds. The van der Waals surface area contributed by atoms with Crippen LogP contribution in [-0.4, -0.2) is 9.97 Å². The minimum absolute atomic E-state index is 0.197. The Hall–Kier alpha value is -5.85. The molecule has 0 radical (unpaired) electrons. The number of aromatic nitrogens is 2. The molecule has 3 heteroatoms. The van der Waals surface area contributed by atoms with Crippen LogP contribution >= 0.6 is 0 Å². The van der Waals surface area contributed by atoms with Crippen LogP contribution in [0.15, 0.2) is 140 Å². The van der Waals surface area contributed by atoms with Crippen molar-refractivity contribution in [1.82, 2.24) is 9.97 Å². The summed E-state index contributed by atoms with van der Waals surface area (Å²) >= 11 is 0. The molecule has 0 atom stereocenters. The van der Waals surface area contributed by atoms with Gasteiger partial charge in [-0.05, 0) is 80.6 Å². The molecular weight excluding hydrogens is 546 g/mol. The highest BCUT2D eigenvalue weighted by Gasteiger charge is 2.35. The molecule has 0 N–H and O–H groups in total. The standard InChI is InChI=1S/C42H29N3/c1-42(2)37-21-27(26-43)15-19-35(37)36-20-18-32(24-38(36)42)31-13-8-14-33(22-31)40-25-39(29-10-4-3-5-11-29)44-41(45-40)34-17-16-28-9-6-7-12-30(28)23-34/h3-25H,1-2H3. The fourth-order valence-electron chi connectivity index (χ4n) is 6.65. The van der Waals surface area contributed by atoms with Crippen LogP contribution in [-0.2, 0) is 5.41 Å². The molecule has 212 valence electrons. The Labute approximate surface area is 263 Å². The predicted molar refractivity (Wildman–Crippen MR) is 184 cm³/mol. The molecule has 1 heterocycles. The van der Waals surface area contributed by atoms with Crippen molar-refractivity contribution >= 4 is 10.8 Å². The van der Waals surface area contributed by atoms with Crippen LogP contribution in [0, 0.1) is 11.3 Å². The smallest absolute Gasteiger partial charge is 0.160 e. The summed E-state index contributed by atoms with van der Waals surface area (Å²) < 4.78 is 0. The van der Waals surface area contributed by atoms with Crippen molar-refractivity contribution in [1.29, 1.82) is 5.26 Å². The average Bonchev–Trinajstić information content (AvgIpc) is 3.33. The highest BCUT2D eigenvalue weighted by molar-refractivity contribution is 5.87. The molecule has 7 aromatic rings. The number of rotatable bonds is 4. The van der Waals surface area contributed by atoms with Crippen LogP contribution in [0.4, 0.5) is 0 Å². The molecule has 1 aromatic heterocycles. The first kappa shape index (κ1) is 26.8. The van der Waals surface area contributed by atoms with Gasteiger partial charge in [-0.3, -0.25) is 0 Å². The van der Waals surface area contributed by atoms with Gasteiger partial charge in [0.05, 0.1) is 23.0 Å². The van der Waals surface area contributed by atoms with E-state index >= 15 is 0 Å². The lowest BCUT2D eigenvalue weighted by Gasteiger charge is -2.22. The Kier molecular flexibility index (Phi) is 6.18. The largest absolute Gasteiger partial charge is 0.228 e. The van der Waals surface area contributed by atoms with Crippen LogP contribution < -0.4 is 0 Å². The lowest BCUT2D eigenvalue weighted by molar-refractivity contribution is 0.660. The average molecular weight is 576 g/mol.